The van der Waals surface area contributed by atoms with Gasteiger partial charge in [-0.05, 0) is 42.3 Å². The fraction of sp³-hybridized carbons (Fsp3) is 0.211. The molecule has 0 bridgehead atoms. The predicted octanol–water partition coefficient (Wildman–Crippen LogP) is 2.69. The summed E-state index contributed by atoms with van der Waals surface area (Å²) in [4.78, 5) is 37.0. The Kier molecular flexibility index (Phi) is 4.52. The molecular weight excluding hydrogens is 320 g/mol. The van der Waals surface area contributed by atoms with Gasteiger partial charge in [0.1, 0.15) is 6.04 Å². The minimum atomic E-state index is -1.05. The highest BCUT2D eigenvalue weighted by molar-refractivity contribution is 6.23. The summed E-state index contributed by atoms with van der Waals surface area (Å²) in [5, 5.41) is 12.1. The molecule has 0 radical (unpaired) electrons. The molecule has 1 aliphatic rings. The molecule has 0 spiro atoms. The van der Waals surface area contributed by atoms with E-state index >= 15 is 0 Å². The fourth-order valence-corrected chi connectivity index (χ4v) is 2.93. The summed E-state index contributed by atoms with van der Waals surface area (Å²) in [5.41, 5.74) is 2.41. The number of nitrogens with zero attached hydrogens (tertiary/aromatic N) is 1. The van der Waals surface area contributed by atoms with Gasteiger partial charge in [-0.15, -0.1) is 0 Å². The normalized spacial score (nSPS) is 17.0. The molecule has 2 amide bonds. The van der Waals surface area contributed by atoms with Gasteiger partial charge in [-0.2, -0.15) is 0 Å². The molecular formula is C19H18N2O4. The third-order valence-electron chi connectivity index (χ3n) is 4.25. The Morgan fingerprint density at radius 3 is 2.48 bits per heavy atom. The lowest BCUT2D eigenvalue weighted by atomic mass is 10.1. The molecule has 0 saturated carbocycles. The minimum Gasteiger partial charge on any atom is -0.478 e. The van der Waals surface area contributed by atoms with E-state index < -0.39 is 12.0 Å². The number of carbonyl (C=O) groups is 3. The third kappa shape index (κ3) is 3.24. The fourth-order valence-electron chi connectivity index (χ4n) is 2.93. The molecule has 1 atom stereocenters. The number of rotatable bonds is 5. The summed E-state index contributed by atoms with van der Waals surface area (Å²) < 4.78 is 0. The summed E-state index contributed by atoms with van der Waals surface area (Å²) in [6, 6.07) is 12.8. The first-order chi connectivity index (χ1) is 12.0. The van der Waals surface area contributed by atoms with E-state index in [0.717, 1.165) is 22.6 Å². The Balaban J connectivity index is 1.81. The van der Waals surface area contributed by atoms with E-state index in [2.05, 4.69) is 5.32 Å². The van der Waals surface area contributed by atoms with Crippen LogP contribution in [0.5, 0.6) is 0 Å². The van der Waals surface area contributed by atoms with Crippen molar-refractivity contribution in [2.24, 2.45) is 0 Å². The lowest BCUT2D eigenvalue weighted by molar-refractivity contribution is -0.121. The Bertz CT molecular complexity index is 830. The summed E-state index contributed by atoms with van der Waals surface area (Å²) in [6.07, 6.45) is 0.885. The van der Waals surface area contributed by atoms with Gasteiger partial charge >= 0.3 is 5.97 Å². The maximum absolute atomic E-state index is 12.7. The lowest BCUT2D eigenvalue weighted by Crippen LogP contribution is -2.35. The monoisotopic (exact) mass is 338 g/mol. The molecule has 0 unspecified atom stereocenters. The maximum Gasteiger partial charge on any atom is 0.335 e. The Labute approximate surface area is 145 Å². The molecule has 0 aromatic heterocycles. The molecule has 25 heavy (non-hydrogen) atoms. The van der Waals surface area contributed by atoms with E-state index in [0.29, 0.717) is 5.69 Å². The van der Waals surface area contributed by atoms with Crippen molar-refractivity contribution in [2.45, 2.75) is 25.8 Å². The molecule has 2 aromatic rings. The number of hydrogen-bond donors (Lipinski definition) is 2. The van der Waals surface area contributed by atoms with Crippen molar-refractivity contribution in [2.75, 3.05) is 10.2 Å². The van der Waals surface area contributed by atoms with Crippen LogP contribution in [0.15, 0.2) is 48.5 Å². The molecule has 1 saturated heterocycles. The number of aromatic carboxylic acids is 1. The molecule has 3 rings (SSSR count). The second kappa shape index (κ2) is 6.76. The van der Waals surface area contributed by atoms with Crippen molar-refractivity contribution in [3.05, 3.63) is 59.7 Å². The summed E-state index contributed by atoms with van der Waals surface area (Å²) >= 11 is 0. The predicted molar refractivity (Wildman–Crippen MR) is 93.7 cm³/mol. The number of benzene rings is 2. The van der Waals surface area contributed by atoms with Crippen molar-refractivity contribution >= 4 is 29.2 Å². The molecule has 128 valence electrons. The first-order valence-corrected chi connectivity index (χ1v) is 8.06. The molecule has 6 heteroatoms. The van der Waals surface area contributed by atoms with Crippen molar-refractivity contribution < 1.29 is 19.5 Å². The van der Waals surface area contributed by atoms with E-state index in [4.69, 9.17) is 5.11 Å². The van der Waals surface area contributed by atoms with Crippen molar-refractivity contribution in [3.8, 4) is 0 Å². The van der Waals surface area contributed by atoms with Gasteiger partial charge in [0, 0.05) is 5.69 Å². The van der Waals surface area contributed by atoms with Crippen LogP contribution in [0.2, 0.25) is 0 Å². The molecule has 1 heterocycles. The van der Waals surface area contributed by atoms with Crippen molar-refractivity contribution in [3.63, 3.8) is 0 Å². The van der Waals surface area contributed by atoms with Gasteiger partial charge in [0.05, 0.1) is 17.7 Å². The zero-order chi connectivity index (χ0) is 18.0. The number of hydrogen-bond acceptors (Lipinski definition) is 4. The van der Waals surface area contributed by atoms with Gasteiger partial charge in [0.25, 0.3) is 5.91 Å². The van der Waals surface area contributed by atoms with Gasteiger partial charge in [0.2, 0.25) is 5.91 Å². The number of carboxylic acids is 1. The van der Waals surface area contributed by atoms with Gasteiger partial charge in [-0.25, -0.2) is 9.69 Å². The Hall–Kier alpha value is -3.15. The van der Waals surface area contributed by atoms with Crippen LogP contribution in [-0.2, 0) is 16.0 Å². The number of para-hydroxylation sites is 1. The second-order valence-electron chi connectivity index (χ2n) is 5.83. The lowest BCUT2D eigenvalue weighted by Gasteiger charge is -2.17. The summed E-state index contributed by atoms with van der Waals surface area (Å²) in [7, 11) is 0. The van der Waals surface area contributed by atoms with Crippen LogP contribution >= 0.6 is 0 Å². The zero-order valence-corrected chi connectivity index (χ0v) is 13.7. The van der Waals surface area contributed by atoms with Crippen LogP contribution in [-0.4, -0.2) is 28.9 Å². The molecule has 0 aliphatic carbocycles. The SMILES string of the molecule is CCc1ccccc1N[C@@H]1CC(=O)N(c2ccc(C(=O)O)cc2)C1=O. The first kappa shape index (κ1) is 16.7. The number of imide groups is 1. The Morgan fingerprint density at radius 1 is 1.16 bits per heavy atom. The van der Waals surface area contributed by atoms with E-state index in [1.807, 2.05) is 31.2 Å². The quantitative estimate of drug-likeness (QED) is 0.819. The van der Waals surface area contributed by atoms with Crippen molar-refractivity contribution in [1.82, 2.24) is 0 Å². The average molecular weight is 338 g/mol. The van der Waals surface area contributed by atoms with Gasteiger partial charge in [-0.1, -0.05) is 25.1 Å². The zero-order valence-electron chi connectivity index (χ0n) is 13.7. The highest BCUT2D eigenvalue weighted by Gasteiger charge is 2.39. The third-order valence-corrected chi connectivity index (χ3v) is 4.25. The van der Waals surface area contributed by atoms with Crippen molar-refractivity contribution in [1.29, 1.82) is 0 Å². The smallest absolute Gasteiger partial charge is 0.335 e. The number of amides is 2. The van der Waals surface area contributed by atoms with Crippen LogP contribution in [0.4, 0.5) is 11.4 Å². The van der Waals surface area contributed by atoms with Crippen LogP contribution in [0.1, 0.15) is 29.3 Å². The number of carboxylic acid groups (broad SMARTS) is 1. The number of anilines is 2. The van der Waals surface area contributed by atoms with E-state index in [-0.39, 0.29) is 23.8 Å². The number of carbonyl (C=O) groups excluding carboxylic acids is 2. The average Bonchev–Trinajstić information content (AvgIpc) is 2.89. The van der Waals surface area contributed by atoms with Crippen LogP contribution < -0.4 is 10.2 Å². The molecule has 2 N–H and O–H groups in total. The highest BCUT2D eigenvalue weighted by Crippen LogP contribution is 2.26. The maximum atomic E-state index is 12.7. The van der Waals surface area contributed by atoms with Crippen LogP contribution in [0, 0.1) is 0 Å². The van der Waals surface area contributed by atoms with Gasteiger partial charge < -0.3 is 10.4 Å². The van der Waals surface area contributed by atoms with Gasteiger partial charge in [0.15, 0.2) is 0 Å². The Morgan fingerprint density at radius 2 is 1.84 bits per heavy atom. The molecule has 1 fully saturated rings. The van der Waals surface area contributed by atoms with Crippen LogP contribution in [0.25, 0.3) is 0 Å². The largest absolute Gasteiger partial charge is 0.478 e. The topological polar surface area (TPSA) is 86.7 Å². The second-order valence-corrected chi connectivity index (χ2v) is 5.83. The summed E-state index contributed by atoms with van der Waals surface area (Å²) in [5.74, 6) is -1.69. The van der Waals surface area contributed by atoms with Gasteiger partial charge in [-0.3, -0.25) is 9.59 Å². The number of nitrogens with one attached hydrogen (secondary N) is 1. The number of aryl methyl sites for hydroxylation is 1. The summed E-state index contributed by atoms with van der Waals surface area (Å²) in [6.45, 7) is 2.03. The first-order valence-electron chi connectivity index (χ1n) is 8.06. The molecule has 6 nitrogen and oxygen atoms in total. The molecule has 2 aromatic carbocycles. The van der Waals surface area contributed by atoms with E-state index in [9.17, 15) is 14.4 Å². The minimum absolute atomic E-state index is 0.0670. The van der Waals surface area contributed by atoms with E-state index in [1.165, 1.54) is 24.3 Å². The highest BCUT2D eigenvalue weighted by atomic mass is 16.4. The molecule has 1 aliphatic heterocycles. The van der Waals surface area contributed by atoms with Crippen LogP contribution in [0.3, 0.4) is 0 Å². The van der Waals surface area contributed by atoms with E-state index in [1.54, 1.807) is 0 Å². The standard InChI is InChI=1S/C19H18N2O4/c1-2-12-5-3-4-6-15(12)20-16-11-17(22)21(18(16)23)14-9-7-13(8-10-14)19(24)25/h3-10,16,20H,2,11H2,1H3,(H,24,25)/t16-/m1/s1.